The molecule has 0 N–H and O–H groups in total. The molecule has 1 unspecified atom stereocenters. The molecule has 0 radical (unpaired) electrons. The van der Waals surface area contributed by atoms with Crippen LogP contribution in [0.3, 0.4) is 0 Å². The van der Waals surface area contributed by atoms with Crippen LogP contribution < -0.4 is 0 Å². The van der Waals surface area contributed by atoms with Gasteiger partial charge in [-0.25, -0.2) is 0 Å². The lowest BCUT2D eigenvalue weighted by Gasteiger charge is -2.18. The van der Waals surface area contributed by atoms with Crippen molar-refractivity contribution < 1.29 is 28.6 Å². The predicted molar refractivity (Wildman–Crippen MR) is 270 cm³/mol. The van der Waals surface area contributed by atoms with E-state index in [0.29, 0.717) is 19.3 Å². The van der Waals surface area contributed by atoms with E-state index in [-0.39, 0.29) is 31.1 Å². The molecule has 1 atom stereocenters. The van der Waals surface area contributed by atoms with Gasteiger partial charge in [-0.05, 0) is 116 Å². The van der Waals surface area contributed by atoms with Crippen LogP contribution in [-0.4, -0.2) is 37.2 Å². The van der Waals surface area contributed by atoms with Gasteiger partial charge in [0.15, 0.2) is 6.10 Å². The van der Waals surface area contributed by atoms with Crippen molar-refractivity contribution in [3.63, 3.8) is 0 Å². The van der Waals surface area contributed by atoms with Gasteiger partial charge in [0.2, 0.25) is 0 Å². The Hall–Kier alpha value is -3.15. The van der Waals surface area contributed by atoms with E-state index in [1.807, 2.05) is 0 Å². The molecule has 0 aromatic rings. The number of ether oxygens (including phenoxy) is 3. The standard InChI is InChI=1S/C57H98O6/c1-4-7-10-13-16-19-22-25-28-31-34-37-40-43-46-49-55(58)61-52-54(63-57(60)51-48-45-42-39-36-33-30-27-24-21-18-15-12-9-6-3)53-62-56(59)50-47-44-41-38-35-32-29-26-23-20-17-14-11-8-5-2/h16-17,19-20,25-30,34,37,54H,4-15,18,21-24,31-33,35-36,38-53H2,1-3H3. The Morgan fingerprint density at radius 2 is 0.571 bits per heavy atom. The summed E-state index contributed by atoms with van der Waals surface area (Å²) in [5, 5.41) is 0. The summed E-state index contributed by atoms with van der Waals surface area (Å²) in [5.41, 5.74) is 0. The van der Waals surface area contributed by atoms with Gasteiger partial charge in [0.25, 0.3) is 0 Å². The van der Waals surface area contributed by atoms with E-state index in [1.54, 1.807) is 0 Å². The third-order valence-electron chi connectivity index (χ3n) is 11.2. The lowest BCUT2D eigenvalue weighted by atomic mass is 10.1. The normalized spacial score (nSPS) is 12.6. The molecular formula is C57H98O6. The molecule has 0 rings (SSSR count). The van der Waals surface area contributed by atoms with Gasteiger partial charge in [-0.3, -0.25) is 14.4 Å². The first-order valence-corrected chi connectivity index (χ1v) is 26.4. The average molecular weight is 879 g/mol. The van der Waals surface area contributed by atoms with Crippen LogP contribution in [0.15, 0.2) is 72.9 Å². The third kappa shape index (κ3) is 49.7. The van der Waals surface area contributed by atoms with E-state index in [9.17, 15) is 14.4 Å². The molecule has 0 aromatic heterocycles. The zero-order valence-corrected chi connectivity index (χ0v) is 41.3. The summed E-state index contributed by atoms with van der Waals surface area (Å²) in [7, 11) is 0. The van der Waals surface area contributed by atoms with Crippen LogP contribution in [0.1, 0.15) is 252 Å². The summed E-state index contributed by atoms with van der Waals surface area (Å²) in [4.78, 5) is 38.0. The largest absolute Gasteiger partial charge is 0.462 e. The molecule has 6 heteroatoms. The first-order valence-electron chi connectivity index (χ1n) is 26.4. The van der Waals surface area contributed by atoms with Gasteiger partial charge in [-0.15, -0.1) is 0 Å². The van der Waals surface area contributed by atoms with Gasteiger partial charge in [0.1, 0.15) is 13.2 Å². The Morgan fingerprint density at radius 3 is 0.968 bits per heavy atom. The smallest absolute Gasteiger partial charge is 0.306 e. The summed E-state index contributed by atoms with van der Waals surface area (Å²) in [6.45, 7) is 6.53. The highest BCUT2D eigenvalue weighted by Gasteiger charge is 2.19. The maximum Gasteiger partial charge on any atom is 0.306 e. The lowest BCUT2D eigenvalue weighted by molar-refractivity contribution is -0.167. The van der Waals surface area contributed by atoms with Crippen molar-refractivity contribution >= 4 is 17.9 Å². The van der Waals surface area contributed by atoms with Crippen molar-refractivity contribution in [3.8, 4) is 0 Å². The average Bonchev–Trinajstić information content (AvgIpc) is 3.28. The minimum atomic E-state index is -0.800. The number of allylic oxidation sites excluding steroid dienone is 12. The maximum absolute atomic E-state index is 12.8. The molecule has 0 aliphatic rings. The third-order valence-corrected chi connectivity index (χ3v) is 11.2. The molecule has 0 saturated heterocycles. The van der Waals surface area contributed by atoms with E-state index < -0.39 is 6.10 Å². The zero-order valence-electron chi connectivity index (χ0n) is 41.3. The number of hydrogen-bond acceptors (Lipinski definition) is 6. The molecule has 362 valence electrons. The maximum atomic E-state index is 12.8. The molecule has 0 aliphatic heterocycles. The minimum absolute atomic E-state index is 0.0982. The summed E-state index contributed by atoms with van der Waals surface area (Å²) in [6, 6.07) is 0. The van der Waals surface area contributed by atoms with E-state index >= 15 is 0 Å². The SMILES string of the molecule is CCCCCC=CCC=CCC=CCCCCC(=O)OCC(COC(=O)CCCCCCCC=CCC=CCCCCC)OC(=O)CCCCCCCC=CCCCCCCCC. The van der Waals surface area contributed by atoms with Gasteiger partial charge < -0.3 is 14.2 Å². The highest BCUT2D eigenvalue weighted by Crippen LogP contribution is 2.13. The molecule has 0 heterocycles. The lowest BCUT2D eigenvalue weighted by Crippen LogP contribution is -2.30. The second-order valence-electron chi connectivity index (χ2n) is 17.4. The fourth-order valence-corrected chi connectivity index (χ4v) is 7.12. The number of hydrogen-bond donors (Lipinski definition) is 0. The van der Waals surface area contributed by atoms with Gasteiger partial charge in [-0.2, -0.15) is 0 Å². The quantitative estimate of drug-likeness (QED) is 0.0262. The molecule has 0 fully saturated rings. The zero-order chi connectivity index (χ0) is 45.8. The fourth-order valence-electron chi connectivity index (χ4n) is 7.12. The van der Waals surface area contributed by atoms with Gasteiger partial charge in [0.05, 0.1) is 0 Å². The van der Waals surface area contributed by atoms with Crippen molar-refractivity contribution in [2.45, 2.75) is 258 Å². The van der Waals surface area contributed by atoms with Crippen LogP contribution in [0, 0.1) is 0 Å². The van der Waals surface area contributed by atoms with Crippen molar-refractivity contribution in [1.29, 1.82) is 0 Å². The van der Waals surface area contributed by atoms with Crippen LogP contribution in [0.5, 0.6) is 0 Å². The van der Waals surface area contributed by atoms with Crippen molar-refractivity contribution in [1.82, 2.24) is 0 Å². The summed E-state index contributed by atoms with van der Waals surface area (Å²) in [5.74, 6) is -0.957. The molecule has 6 nitrogen and oxygen atoms in total. The highest BCUT2D eigenvalue weighted by molar-refractivity contribution is 5.71. The van der Waals surface area contributed by atoms with Gasteiger partial charge >= 0.3 is 17.9 Å². The van der Waals surface area contributed by atoms with Gasteiger partial charge in [0, 0.05) is 19.3 Å². The predicted octanol–water partition coefficient (Wildman–Crippen LogP) is 17.4. The van der Waals surface area contributed by atoms with Crippen LogP contribution in [0.2, 0.25) is 0 Å². The van der Waals surface area contributed by atoms with E-state index in [2.05, 4.69) is 93.7 Å². The molecule has 0 bridgehead atoms. The Bertz CT molecular complexity index is 1190. The van der Waals surface area contributed by atoms with E-state index in [0.717, 1.165) is 109 Å². The Balaban J connectivity index is 4.48. The van der Waals surface area contributed by atoms with Crippen LogP contribution in [0.4, 0.5) is 0 Å². The Kier molecular flexibility index (Phi) is 48.9. The molecule has 63 heavy (non-hydrogen) atoms. The first kappa shape index (κ1) is 59.9. The number of carbonyl (C=O) groups excluding carboxylic acids is 3. The number of carbonyl (C=O) groups is 3. The summed E-state index contributed by atoms with van der Waals surface area (Å²) >= 11 is 0. The van der Waals surface area contributed by atoms with Crippen molar-refractivity contribution in [2.24, 2.45) is 0 Å². The summed E-state index contributed by atoms with van der Waals surface area (Å²) < 4.78 is 16.8. The topological polar surface area (TPSA) is 78.9 Å². The number of esters is 3. The minimum Gasteiger partial charge on any atom is -0.462 e. The second kappa shape index (κ2) is 51.5. The van der Waals surface area contributed by atoms with E-state index in [1.165, 1.54) is 103 Å². The molecule has 0 aliphatic carbocycles. The molecule has 0 amide bonds. The molecule has 0 saturated carbocycles. The van der Waals surface area contributed by atoms with Crippen molar-refractivity contribution in [2.75, 3.05) is 13.2 Å². The second-order valence-corrected chi connectivity index (χ2v) is 17.4. The first-order chi connectivity index (χ1) is 31.0. The van der Waals surface area contributed by atoms with Gasteiger partial charge in [-0.1, -0.05) is 190 Å². The van der Waals surface area contributed by atoms with E-state index in [4.69, 9.17) is 14.2 Å². The molecule has 0 aromatic carbocycles. The fraction of sp³-hybridized carbons (Fsp3) is 0.737. The molecule has 0 spiro atoms. The highest BCUT2D eigenvalue weighted by atomic mass is 16.6. The monoisotopic (exact) mass is 879 g/mol. The van der Waals surface area contributed by atoms with Crippen LogP contribution >= 0.6 is 0 Å². The Labute approximate surface area is 389 Å². The number of rotatable bonds is 47. The van der Waals surface area contributed by atoms with Crippen LogP contribution in [-0.2, 0) is 28.6 Å². The number of unbranched alkanes of at least 4 members (excludes halogenated alkanes) is 24. The summed E-state index contributed by atoms with van der Waals surface area (Å²) in [6.07, 6.45) is 64.5. The van der Waals surface area contributed by atoms with Crippen LogP contribution in [0.25, 0.3) is 0 Å². The van der Waals surface area contributed by atoms with Crippen molar-refractivity contribution in [3.05, 3.63) is 72.9 Å². The molecular weight excluding hydrogens is 781 g/mol. The Morgan fingerprint density at radius 1 is 0.317 bits per heavy atom.